The number of rotatable bonds is 18. The third-order valence-electron chi connectivity index (χ3n) is 6.69. The first-order valence-electron chi connectivity index (χ1n) is 13.0. The van der Waals surface area contributed by atoms with Crippen molar-refractivity contribution >= 4 is 24.5 Å². The van der Waals surface area contributed by atoms with Crippen molar-refractivity contribution in [2.24, 2.45) is 5.14 Å². The highest BCUT2D eigenvalue weighted by Gasteiger charge is 2.36. The number of hydrogen-bond donors (Lipinski definition) is 2. The van der Waals surface area contributed by atoms with Crippen molar-refractivity contribution in [1.82, 2.24) is 5.32 Å². The number of amides is 1. The molecule has 3 N–H and O–H groups in total. The molecular weight excluding hydrogens is 480 g/mol. The zero-order valence-corrected chi connectivity index (χ0v) is 24.3. The summed E-state index contributed by atoms with van der Waals surface area (Å²) in [5.74, 6) is 0.256. The molecule has 1 aromatic carbocycles. The number of carbonyl (C=O) groups excluding carboxylic acids is 1. The molecule has 1 amide bonds. The van der Waals surface area contributed by atoms with Gasteiger partial charge in [-0.15, -0.1) is 0 Å². The van der Waals surface area contributed by atoms with Crippen LogP contribution in [0.5, 0.6) is 5.75 Å². The molecule has 0 aliphatic rings. The van der Waals surface area contributed by atoms with Crippen molar-refractivity contribution in [3.05, 3.63) is 29.8 Å². The van der Waals surface area contributed by atoms with Crippen LogP contribution in [0.15, 0.2) is 24.3 Å². The molecule has 9 heteroatoms. The Hall–Kier alpha value is -1.42. The molecule has 0 heterocycles. The van der Waals surface area contributed by atoms with E-state index in [0.29, 0.717) is 19.4 Å². The summed E-state index contributed by atoms with van der Waals surface area (Å²) in [6.07, 6.45) is 12.0. The Kier molecular flexibility index (Phi) is 14.1. The summed E-state index contributed by atoms with van der Waals surface area (Å²) in [5, 5.41) is 8.07. The first kappa shape index (κ1) is 31.6. The third-order valence-corrected chi connectivity index (χ3v) is 11.7. The van der Waals surface area contributed by atoms with Crippen LogP contribution in [0.25, 0.3) is 0 Å². The van der Waals surface area contributed by atoms with Crippen molar-refractivity contribution in [1.29, 1.82) is 0 Å². The summed E-state index contributed by atoms with van der Waals surface area (Å²) < 4.78 is 32.6. The van der Waals surface area contributed by atoms with Gasteiger partial charge in [-0.25, -0.2) is 0 Å². The molecule has 0 unspecified atom stereocenters. The predicted octanol–water partition coefficient (Wildman–Crippen LogP) is 5.85. The lowest BCUT2D eigenvalue weighted by Gasteiger charge is -2.36. The van der Waals surface area contributed by atoms with Crippen LogP contribution in [-0.4, -0.2) is 35.8 Å². The van der Waals surface area contributed by atoms with Gasteiger partial charge in [-0.05, 0) is 55.1 Å². The quantitative estimate of drug-likeness (QED) is 0.183. The number of hydrogen-bond acceptors (Lipinski definition) is 5. The molecule has 1 aromatic rings. The minimum absolute atomic E-state index is 0.0825. The molecule has 0 saturated heterocycles. The van der Waals surface area contributed by atoms with E-state index in [1.54, 1.807) is 24.3 Å². The Balaban J connectivity index is 1.96. The summed E-state index contributed by atoms with van der Waals surface area (Å²) in [5.41, 5.74) is 0.982. The Labute approximate surface area is 214 Å². The average molecular weight is 529 g/mol. The highest BCUT2D eigenvalue weighted by atomic mass is 32.2. The van der Waals surface area contributed by atoms with Crippen LogP contribution in [0.4, 0.5) is 0 Å². The van der Waals surface area contributed by atoms with Gasteiger partial charge in [-0.2, -0.15) is 13.6 Å². The van der Waals surface area contributed by atoms with Crippen molar-refractivity contribution in [3.8, 4) is 5.75 Å². The molecule has 1 rings (SSSR count). The molecule has 0 radical (unpaired) electrons. The van der Waals surface area contributed by atoms with Crippen LogP contribution in [0.1, 0.15) is 90.5 Å². The Morgan fingerprint density at radius 1 is 0.914 bits per heavy atom. The summed E-state index contributed by atoms with van der Waals surface area (Å²) in [7, 11) is -5.60. The van der Waals surface area contributed by atoms with Gasteiger partial charge in [0.1, 0.15) is 5.75 Å². The Bertz CT molecular complexity index is 836. The number of nitrogens with one attached hydrogen (secondary N) is 1. The lowest BCUT2D eigenvalue weighted by atomic mass is 10.1. The van der Waals surface area contributed by atoms with Crippen molar-refractivity contribution in [2.45, 2.75) is 110 Å². The maximum atomic E-state index is 12.0. The van der Waals surface area contributed by atoms with Gasteiger partial charge in [0, 0.05) is 19.6 Å². The van der Waals surface area contributed by atoms with E-state index in [1.807, 2.05) is 0 Å². The molecule has 7 nitrogen and oxygen atoms in total. The number of nitrogens with two attached hydrogens (primary N) is 1. The first-order valence-corrected chi connectivity index (χ1v) is 17.4. The lowest BCUT2D eigenvalue weighted by Crippen LogP contribution is -2.40. The predicted molar refractivity (Wildman–Crippen MR) is 146 cm³/mol. The molecule has 0 atom stereocenters. The lowest BCUT2D eigenvalue weighted by molar-refractivity contribution is -0.121. The molecule has 0 spiro atoms. The number of benzene rings is 1. The standard InChI is InChI=1S/C26H48N2O5SSi/c1-26(2,3)35(4,5)32-22-14-12-10-8-6-7-9-11-13-15-25(29)28-21-20-23-16-18-24(19-17-23)33-34(27,30)31/h16-19H,6-15,20-22H2,1-5H3,(H,28,29)(H2,27,30,31). The Morgan fingerprint density at radius 2 is 1.43 bits per heavy atom. The zero-order valence-electron chi connectivity index (χ0n) is 22.5. The highest BCUT2D eigenvalue weighted by molar-refractivity contribution is 7.84. The number of carbonyl (C=O) groups is 1. The van der Waals surface area contributed by atoms with Crippen molar-refractivity contribution in [3.63, 3.8) is 0 Å². The largest absolute Gasteiger partial charge is 0.417 e. The third kappa shape index (κ3) is 15.3. The van der Waals surface area contributed by atoms with Gasteiger partial charge < -0.3 is 13.9 Å². The van der Waals surface area contributed by atoms with Crippen LogP contribution < -0.4 is 14.6 Å². The minimum atomic E-state index is -4.01. The van der Waals surface area contributed by atoms with Crippen molar-refractivity contribution in [2.75, 3.05) is 13.2 Å². The fraction of sp³-hybridized carbons (Fsp3) is 0.731. The van der Waals surface area contributed by atoms with Crippen LogP contribution >= 0.6 is 0 Å². The average Bonchev–Trinajstić information content (AvgIpc) is 2.74. The molecule has 0 aliphatic carbocycles. The maximum Gasteiger partial charge on any atom is 0.380 e. The molecule has 35 heavy (non-hydrogen) atoms. The summed E-state index contributed by atoms with van der Waals surface area (Å²) >= 11 is 0. The number of unbranched alkanes of at least 4 members (excludes halogenated alkanes) is 8. The topological polar surface area (TPSA) is 108 Å². The van der Waals surface area contributed by atoms with Crippen LogP contribution in [0, 0.1) is 0 Å². The second kappa shape index (κ2) is 15.6. The normalized spacial score (nSPS) is 12.5. The highest BCUT2D eigenvalue weighted by Crippen LogP contribution is 2.36. The van der Waals surface area contributed by atoms with E-state index < -0.39 is 18.6 Å². The molecule has 0 aliphatic heterocycles. The molecule has 0 saturated carbocycles. The van der Waals surface area contributed by atoms with Crippen LogP contribution in [0.3, 0.4) is 0 Å². The fourth-order valence-corrected chi connectivity index (χ4v) is 4.92. The molecule has 0 fully saturated rings. The second-order valence-corrected chi connectivity index (χ2v) is 16.8. The van der Waals surface area contributed by atoms with Gasteiger partial charge in [-0.3, -0.25) is 4.79 Å². The zero-order chi connectivity index (χ0) is 26.4. The van der Waals surface area contributed by atoms with E-state index in [9.17, 15) is 13.2 Å². The Morgan fingerprint density at radius 3 is 1.94 bits per heavy atom. The smallest absolute Gasteiger partial charge is 0.380 e. The van der Waals surface area contributed by atoms with Crippen molar-refractivity contribution < 1.29 is 21.8 Å². The van der Waals surface area contributed by atoms with E-state index in [4.69, 9.17) is 9.56 Å². The second-order valence-electron chi connectivity index (χ2n) is 10.9. The summed E-state index contributed by atoms with van der Waals surface area (Å²) in [4.78, 5) is 12.0. The van der Waals surface area contributed by atoms with Gasteiger partial charge >= 0.3 is 10.3 Å². The van der Waals surface area contributed by atoms with E-state index >= 15 is 0 Å². The van der Waals surface area contributed by atoms with Gasteiger partial charge in [0.2, 0.25) is 5.91 Å². The molecule has 0 aromatic heterocycles. The molecular formula is C26H48N2O5SSi. The van der Waals surface area contributed by atoms with Gasteiger partial charge in [0.15, 0.2) is 8.32 Å². The fourth-order valence-electron chi connectivity index (χ4n) is 3.45. The summed E-state index contributed by atoms with van der Waals surface area (Å²) in [6, 6.07) is 6.62. The van der Waals surface area contributed by atoms with E-state index in [1.165, 1.54) is 44.9 Å². The van der Waals surface area contributed by atoms with E-state index in [-0.39, 0.29) is 16.7 Å². The first-order chi connectivity index (χ1) is 16.3. The van der Waals surface area contributed by atoms with Gasteiger partial charge in [-0.1, -0.05) is 77.8 Å². The van der Waals surface area contributed by atoms with E-state index in [2.05, 4.69) is 43.4 Å². The maximum absolute atomic E-state index is 12.0. The minimum Gasteiger partial charge on any atom is -0.417 e. The SMILES string of the molecule is CC(C)(C)[Si](C)(C)OCCCCCCCCCCCC(=O)NCCc1ccc(OS(N)(=O)=O)cc1. The molecule has 0 bridgehead atoms. The monoisotopic (exact) mass is 528 g/mol. The van der Waals surface area contributed by atoms with Crippen LogP contribution in [-0.2, 0) is 25.9 Å². The van der Waals surface area contributed by atoms with Gasteiger partial charge in [0.25, 0.3) is 0 Å². The summed E-state index contributed by atoms with van der Waals surface area (Å²) in [6.45, 7) is 12.9. The van der Waals surface area contributed by atoms with E-state index in [0.717, 1.165) is 25.0 Å². The van der Waals surface area contributed by atoms with Crippen LogP contribution in [0.2, 0.25) is 18.1 Å². The molecule has 202 valence electrons. The van der Waals surface area contributed by atoms with Gasteiger partial charge in [0.05, 0.1) is 0 Å².